The van der Waals surface area contributed by atoms with Crippen LogP contribution in [0.25, 0.3) is 0 Å². The summed E-state index contributed by atoms with van der Waals surface area (Å²) in [5.41, 5.74) is 9.01. The standard InChI is InChI=1S/C15H15NO2S/c1-9-3-5-13(10(2)7-9)19-14-6-4-11(15(17)18)8-12(14)16/h3-8H,16H2,1-2H3,(H,17,18). The van der Waals surface area contributed by atoms with E-state index in [0.29, 0.717) is 5.69 Å². The molecule has 2 aromatic rings. The zero-order chi connectivity index (χ0) is 14.0. The minimum Gasteiger partial charge on any atom is -0.478 e. The number of carbonyl (C=O) groups is 1. The molecule has 0 spiro atoms. The SMILES string of the molecule is Cc1ccc(Sc2ccc(C(=O)O)cc2N)c(C)c1. The van der Waals surface area contributed by atoms with Crippen LogP contribution in [0.2, 0.25) is 0 Å². The second-order valence-corrected chi connectivity index (χ2v) is 5.51. The molecule has 0 aromatic heterocycles. The van der Waals surface area contributed by atoms with Crippen molar-refractivity contribution in [2.45, 2.75) is 23.6 Å². The van der Waals surface area contributed by atoms with E-state index in [0.717, 1.165) is 9.79 Å². The van der Waals surface area contributed by atoms with Gasteiger partial charge in [-0.15, -0.1) is 0 Å². The Hall–Kier alpha value is -1.94. The summed E-state index contributed by atoms with van der Waals surface area (Å²) >= 11 is 1.55. The number of carboxylic acids is 1. The van der Waals surface area contributed by atoms with Crippen molar-refractivity contribution in [2.75, 3.05) is 5.73 Å². The van der Waals surface area contributed by atoms with Gasteiger partial charge in [-0.3, -0.25) is 0 Å². The van der Waals surface area contributed by atoms with E-state index in [2.05, 4.69) is 32.0 Å². The molecule has 3 N–H and O–H groups in total. The molecular weight excluding hydrogens is 258 g/mol. The van der Waals surface area contributed by atoms with Gasteiger partial charge in [0.05, 0.1) is 5.56 Å². The van der Waals surface area contributed by atoms with Gasteiger partial charge in [0, 0.05) is 15.5 Å². The van der Waals surface area contributed by atoms with Gasteiger partial charge >= 0.3 is 5.97 Å². The van der Waals surface area contributed by atoms with E-state index in [1.165, 1.54) is 17.2 Å². The second-order valence-electron chi connectivity index (χ2n) is 4.43. The molecule has 0 aliphatic rings. The normalized spacial score (nSPS) is 10.4. The monoisotopic (exact) mass is 273 g/mol. The van der Waals surface area contributed by atoms with Crippen molar-refractivity contribution in [1.82, 2.24) is 0 Å². The van der Waals surface area contributed by atoms with Crippen molar-refractivity contribution in [3.8, 4) is 0 Å². The topological polar surface area (TPSA) is 63.3 Å². The van der Waals surface area contributed by atoms with Crippen LogP contribution in [-0.4, -0.2) is 11.1 Å². The smallest absolute Gasteiger partial charge is 0.335 e. The maximum atomic E-state index is 10.9. The summed E-state index contributed by atoms with van der Waals surface area (Å²) in [6.45, 7) is 4.11. The highest BCUT2D eigenvalue weighted by molar-refractivity contribution is 7.99. The Morgan fingerprint density at radius 1 is 1.11 bits per heavy atom. The molecule has 2 rings (SSSR count). The van der Waals surface area contributed by atoms with E-state index in [-0.39, 0.29) is 5.56 Å². The maximum absolute atomic E-state index is 10.9. The van der Waals surface area contributed by atoms with Crippen LogP contribution in [-0.2, 0) is 0 Å². The summed E-state index contributed by atoms with van der Waals surface area (Å²) in [6.07, 6.45) is 0. The molecule has 0 atom stereocenters. The molecule has 0 saturated carbocycles. The minimum absolute atomic E-state index is 0.211. The Balaban J connectivity index is 2.31. The van der Waals surface area contributed by atoms with E-state index in [1.54, 1.807) is 23.9 Å². The number of aromatic carboxylic acids is 1. The van der Waals surface area contributed by atoms with Crippen molar-refractivity contribution < 1.29 is 9.90 Å². The van der Waals surface area contributed by atoms with Crippen LogP contribution in [0.4, 0.5) is 5.69 Å². The number of anilines is 1. The summed E-state index contributed by atoms with van der Waals surface area (Å²) in [5.74, 6) is -0.963. The van der Waals surface area contributed by atoms with Crippen LogP contribution >= 0.6 is 11.8 Å². The van der Waals surface area contributed by atoms with Crippen molar-refractivity contribution in [1.29, 1.82) is 0 Å². The molecule has 0 bridgehead atoms. The first-order valence-electron chi connectivity index (χ1n) is 5.85. The van der Waals surface area contributed by atoms with Crippen molar-refractivity contribution >= 4 is 23.4 Å². The van der Waals surface area contributed by atoms with E-state index < -0.39 is 5.97 Å². The third kappa shape index (κ3) is 3.09. The molecule has 0 aliphatic heterocycles. The first-order valence-corrected chi connectivity index (χ1v) is 6.67. The molecule has 98 valence electrons. The lowest BCUT2D eigenvalue weighted by Crippen LogP contribution is -1.98. The lowest BCUT2D eigenvalue weighted by atomic mass is 10.2. The minimum atomic E-state index is -0.963. The Morgan fingerprint density at radius 3 is 2.37 bits per heavy atom. The van der Waals surface area contributed by atoms with Crippen LogP contribution in [0.1, 0.15) is 21.5 Å². The number of nitrogen functional groups attached to an aromatic ring is 1. The second kappa shape index (κ2) is 5.36. The predicted molar refractivity (Wildman–Crippen MR) is 77.9 cm³/mol. The lowest BCUT2D eigenvalue weighted by Gasteiger charge is -2.09. The lowest BCUT2D eigenvalue weighted by molar-refractivity contribution is 0.0697. The first kappa shape index (κ1) is 13.5. The Bertz CT molecular complexity index is 638. The van der Waals surface area contributed by atoms with Crippen molar-refractivity contribution in [2.24, 2.45) is 0 Å². The van der Waals surface area contributed by atoms with Gasteiger partial charge in [-0.25, -0.2) is 4.79 Å². The van der Waals surface area contributed by atoms with Gasteiger partial charge < -0.3 is 10.8 Å². The van der Waals surface area contributed by atoms with E-state index in [1.807, 2.05) is 0 Å². The average Bonchev–Trinajstić information content (AvgIpc) is 2.34. The molecule has 0 unspecified atom stereocenters. The summed E-state index contributed by atoms with van der Waals surface area (Å²) in [4.78, 5) is 12.8. The van der Waals surface area contributed by atoms with Crippen molar-refractivity contribution in [3.05, 3.63) is 53.1 Å². The van der Waals surface area contributed by atoms with Crippen LogP contribution < -0.4 is 5.73 Å². The number of nitrogens with two attached hydrogens (primary N) is 1. The Morgan fingerprint density at radius 2 is 1.79 bits per heavy atom. The highest BCUT2D eigenvalue weighted by Gasteiger charge is 2.08. The predicted octanol–water partition coefficient (Wildman–Crippen LogP) is 3.74. The Kier molecular flexibility index (Phi) is 3.81. The molecular formula is C15H15NO2S. The fourth-order valence-corrected chi connectivity index (χ4v) is 2.71. The number of benzene rings is 2. The summed E-state index contributed by atoms with van der Waals surface area (Å²) in [7, 11) is 0. The third-order valence-corrected chi connectivity index (χ3v) is 4.08. The van der Waals surface area contributed by atoms with Gasteiger partial charge in [-0.2, -0.15) is 0 Å². The van der Waals surface area contributed by atoms with Gasteiger partial charge in [-0.1, -0.05) is 29.5 Å². The van der Waals surface area contributed by atoms with Crippen LogP contribution in [0.3, 0.4) is 0 Å². The average molecular weight is 273 g/mol. The highest BCUT2D eigenvalue weighted by Crippen LogP contribution is 2.34. The fourth-order valence-electron chi connectivity index (χ4n) is 1.81. The molecule has 0 radical (unpaired) electrons. The van der Waals surface area contributed by atoms with E-state index >= 15 is 0 Å². The molecule has 4 heteroatoms. The number of rotatable bonds is 3. The van der Waals surface area contributed by atoms with Crippen LogP contribution in [0.15, 0.2) is 46.2 Å². The quantitative estimate of drug-likeness (QED) is 0.836. The molecule has 0 saturated heterocycles. The molecule has 0 amide bonds. The van der Waals surface area contributed by atoms with E-state index in [4.69, 9.17) is 10.8 Å². The molecule has 19 heavy (non-hydrogen) atoms. The number of hydrogen-bond acceptors (Lipinski definition) is 3. The van der Waals surface area contributed by atoms with E-state index in [9.17, 15) is 4.79 Å². The van der Waals surface area contributed by atoms with Gasteiger partial charge in [-0.05, 0) is 43.7 Å². The largest absolute Gasteiger partial charge is 0.478 e. The maximum Gasteiger partial charge on any atom is 0.335 e. The zero-order valence-corrected chi connectivity index (χ0v) is 11.6. The van der Waals surface area contributed by atoms with Gasteiger partial charge in [0.2, 0.25) is 0 Å². The first-order chi connectivity index (χ1) is 8.97. The summed E-state index contributed by atoms with van der Waals surface area (Å²) < 4.78 is 0. The summed E-state index contributed by atoms with van der Waals surface area (Å²) in [5, 5.41) is 8.90. The van der Waals surface area contributed by atoms with Crippen molar-refractivity contribution in [3.63, 3.8) is 0 Å². The number of aryl methyl sites for hydroxylation is 2. The molecule has 0 fully saturated rings. The molecule has 0 aliphatic carbocycles. The van der Waals surface area contributed by atoms with Crippen LogP contribution in [0.5, 0.6) is 0 Å². The highest BCUT2D eigenvalue weighted by atomic mass is 32.2. The number of carboxylic acid groups (broad SMARTS) is 1. The fraction of sp³-hybridized carbons (Fsp3) is 0.133. The van der Waals surface area contributed by atoms with Crippen LogP contribution in [0, 0.1) is 13.8 Å². The molecule has 0 heterocycles. The molecule has 2 aromatic carbocycles. The summed E-state index contributed by atoms with van der Waals surface area (Å²) in [6, 6.07) is 11.0. The van der Waals surface area contributed by atoms with Gasteiger partial charge in [0.25, 0.3) is 0 Å². The molecule has 3 nitrogen and oxygen atoms in total. The number of hydrogen-bond donors (Lipinski definition) is 2. The third-order valence-electron chi connectivity index (χ3n) is 2.81. The van der Waals surface area contributed by atoms with Gasteiger partial charge in [0.15, 0.2) is 0 Å². The zero-order valence-electron chi connectivity index (χ0n) is 10.8. The van der Waals surface area contributed by atoms with Gasteiger partial charge in [0.1, 0.15) is 0 Å². The Labute approximate surface area is 116 Å².